The van der Waals surface area contributed by atoms with Crippen molar-refractivity contribution in [1.82, 2.24) is 9.97 Å². The Balaban J connectivity index is 1.87. The number of anilines is 1. The van der Waals surface area contributed by atoms with Crippen molar-refractivity contribution in [3.05, 3.63) is 16.3 Å². The van der Waals surface area contributed by atoms with E-state index >= 15 is 0 Å². The third-order valence-corrected chi connectivity index (χ3v) is 6.26. The van der Waals surface area contributed by atoms with E-state index in [2.05, 4.69) is 18.7 Å². The molecule has 0 aromatic carbocycles. The van der Waals surface area contributed by atoms with Gasteiger partial charge in [0, 0.05) is 18.0 Å². The van der Waals surface area contributed by atoms with Gasteiger partial charge in [0.15, 0.2) is 0 Å². The number of nitrogens with zero attached hydrogens (tertiary/aromatic N) is 3. The summed E-state index contributed by atoms with van der Waals surface area (Å²) in [7, 11) is 0. The standard InChI is InChI=1S/C18H25N3S/c1-11-8-12(2)10-21(9-11)17-16-14-6-4-5-7-15(14)22-18(16)20-13(3)19-17/h11-12H,4-10H2,1-3H3. The van der Waals surface area contributed by atoms with Gasteiger partial charge in [0.1, 0.15) is 16.5 Å². The van der Waals surface area contributed by atoms with E-state index in [1.165, 1.54) is 48.1 Å². The number of hydrogen-bond acceptors (Lipinski definition) is 4. The van der Waals surface area contributed by atoms with Crippen LogP contribution in [0.15, 0.2) is 0 Å². The number of aryl methyl sites for hydroxylation is 3. The summed E-state index contributed by atoms with van der Waals surface area (Å²) in [5.74, 6) is 3.65. The van der Waals surface area contributed by atoms with Crippen molar-refractivity contribution in [2.75, 3.05) is 18.0 Å². The summed E-state index contributed by atoms with van der Waals surface area (Å²) in [6.45, 7) is 9.06. The molecule has 1 aliphatic carbocycles. The van der Waals surface area contributed by atoms with Crippen LogP contribution in [0.5, 0.6) is 0 Å². The van der Waals surface area contributed by atoms with E-state index < -0.39 is 0 Å². The van der Waals surface area contributed by atoms with Gasteiger partial charge in [0.25, 0.3) is 0 Å². The van der Waals surface area contributed by atoms with Crippen LogP contribution in [0.4, 0.5) is 5.82 Å². The monoisotopic (exact) mass is 315 g/mol. The predicted molar refractivity (Wildman–Crippen MR) is 94.0 cm³/mol. The lowest BCUT2D eigenvalue weighted by Crippen LogP contribution is -2.39. The molecule has 2 aromatic rings. The van der Waals surface area contributed by atoms with Gasteiger partial charge in [0.2, 0.25) is 0 Å². The molecule has 1 saturated heterocycles. The van der Waals surface area contributed by atoms with Crippen LogP contribution >= 0.6 is 11.3 Å². The Bertz CT molecular complexity index is 696. The second kappa shape index (κ2) is 5.48. The van der Waals surface area contributed by atoms with E-state index in [9.17, 15) is 0 Å². The van der Waals surface area contributed by atoms with Crippen molar-refractivity contribution in [2.24, 2.45) is 11.8 Å². The van der Waals surface area contributed by atoms with Gasteiger partial charge in [-0.2, -0.15) is 0 Å². The molecule has 2 unspecified atom stereocenters. The number of piperidine rings is 1. The molecule has 2 atom stereocenters. The van der Waals surface area contributed by atoms with Crippen LogP contribution in [0.2, 0.25) is 0 Å². The minimum atomic E-state index is 0.753. The molecule has 3 heterocycles. The molecule has 0 N–H and O–H groups in total. The molecule has 0 bridgehead atoms. The highest BCUT2D eigenvalue weighted by atomic mass is 32.1. The zero-order chi connectivity index (χ0) is 15.3. The predicted octanol–water partition coefficient (Wildman–Crippen LogP) is 4.36. The molecule has 0 amide bonds. The first kappa shape index (κ1) is 14.4. The van der Waals surface area contributed by atoms with Gasteiger partial charge in [-0.25, -0.2) is 9.97 Å². The molecule has 22 heavy (non-hydrogen) atoms. The second-order valence-corrected chi connectivity index (χ2v) is 8.42. The van der Waals surface area contributed by atoms with Gasteiger partial charge in [0.05, 0.1) is 5.39 Å². The molecule has 1 aliphatic heterocycles. The molecule has 118 valence electrons. The maximum atomic E-state index is 4.90. The average Bonchev–Trinajstić information content (AvgIpc) is 2.83. The molecule has 4 heteroatoms. The molecule has 3 nitrogen and oxygen atoms in total. The number of thiophene rings is 1. The molecule has 0 saturated carbocycles. The second-order valence-electron chi connectivity index (χ2n) is 7.34. The fourth-order valence-corrected chi connectivity index (χ4v) is 5.61. The van der Waals surface area contributed by atoms with Gasteiger partial charge < -0.3 is 4.90 Å². The van der Waals surface area contributed by atoms with Gasteiger partial charge >= 0.3 is 0 Å². The van der Waals surface area contributed by atoms with Gasteiger partial charge in [-0.1, -0.05) is 13.8 Å². The van der Waals surface area contributed by atoms with Crippen LogP contribution in [-0.2, 0) is 12.8 Å². The first-order valence-electron chi connectivity index (χ1n) is 8.65. The number of aromatic nitrogens is 2. The molecular weight excluding hydrogens is 290 g/mol. The summed E-state index contributed by atoms with van der Waals surface area (Å²) in [4.78, 5) is 15.0. The van der Waals surface area contributed by atoms with Crippen molar-refractivity contribution in [2.45, 2.75) is 52.9 Å². The number of fused-ring (bicyclic) bond motifs is 3. The molecule has 0 spiro atoms. The smallest absolute Gasteiger partial charge is 0.141 e. The molecule has 1 fully saturated rings. The summed E-state index contributed by atoms with van der Waals surface area (Å²) >= 11 is 1.92. The Morgan fingerprint density at radius 3 is 2.55 bits per heavy atom. The molecular formula is C18H25N3S. The Labute approximate surface area is 136 Å². The highest BCUT2D eigenvalue weighted by molar-refractivity contribution is 7.19. The van der Waals surface area contributed by atoms with Crippen LogP contribution in [0.25, 0.3) is 10.2 Å². The lowest BCUT2D eigenvalue weighted by atomic mass is 9.91. The quantitative estimate of drug-likeness (QED) is 0.783. The highest BCUT2D eigenvalue weighted by Crippen LogP contribution is 2.40. The van der Waals surface area contributed by atoms with E-state index in [1.54, 1.807) is 10.4 Å². The zero-order valence-electron chi connectivity index (χ0n) is 13.9. The van der Waals surface area contributed by atoms with Crippen molar-refractivity contribution in [3.8, 4) is 0 Å². The summed E-state index contributed by atoms with van der Waals surface area (Å²) in [6.07, 6.45) is 6.44. The lowest BCUT2D eigenvalue weighted by Gasteiger charge is -2.36. The minimum absolute atomic E-state index is 0.753. The van der Waals surface area contributed by atoms with Crippen LogP contribution < -0.4 is 4.90 Å². The van der Waals surface area contributed by atoms with Crippen molar-refractivity contribution >= 4 is 27.4 Å². The Kier molecular flexibility index (Phi) is 3.60. The van der Waals surface area contributed by atoms with Gasteiger partial charge in [-0.15, -0.1) is 11.3 Å². The topological polar surface area (TPSA) is 29.0 Å². The fourth-order valence-electron chi connectivity index (χ4n) is 4.31. The van der Waals surface area contributed by atoms with E-state index in [0.29, 0.717) is 0 Å². The third kappa shape index (κ3) is 2.41. The average molecular weight is 315 g/mol. The third-order valence-electron chi connectivity index (χ3n) is 5.08. The SMILES string of the molecule is Cc1nc(N2CC(C)CC(C)C2)c2c3c(sc2n1)CCCC3. The summed E-state index contributed by atoms with van der Waals surface area (Å²) in [6, 6.07) is 0. The van der Waals surface area contributed by atoms with E-state index in [1.807, 2.05) is 18.3 Å². The maximum absolute atomic E-state index is 4.90. The van der Waals surface area contributed by atoms with Crippen LogP contribution in [0, 0.1) is 18.8 Å². The first-order valence-corrected chi connectivity index (χ1v) is 9.47. The Morgan fingerprint density at radius 1 is 1.05 bits per heavy atom. The normalized spacial score (nSPS) is 25.5. The minimum Gasteiger partial charge on any atom is -0.355 e. The van der Waals surface area contributed by atoms with E-state index in [4.69, 9.17) is 9.97 Å². The van der Waals surface area contributed by atoms with Crippen molar-refractivity contribution in [3.63, 3.8) is 0 Å². The van der Waals surface area contributed by atoms with Crippen LogP contribution in [0.1, 0.15) is 49.4 Å². The number of hydrogen-bond donors (Lipinski definition) is 0. The highest BCUT2D eigenvalue weighted by Gasteiger charge is 2.27. The Hall–Kier alpha value is -1.16. The Morgan fingerprint density at radius 2 is 1.77 bits per heavy atom. The van der Waals surface area contributed by atoms with Crippen LogP contribution in [0.3, 0.4) is 0 Å². The molecule has 4 rings (SSSR count). The first-order chi connectivity index (χ1) is 10.6. The van der Waals surface area contributed by atoms with Crippen LogP contribution in [-0.4, -0.2) is 23.1 Å². The molecule has 2 aromatic heterocycles. The van der Waals surface area contributed by atoms with Crippen molar-refractivity contribution in [1.29, 1.82) is 0 Å². The largest absolute Gasteiger partial charge is 0.355 e. The summed E-state index contributed by atoms with van der Waals surface area (Å²) < 4.78 is 0. The van der Waals surface area contributed by atoms with E-state index in [-0.39, 0.29) is 0 Å². The van der Waals surface area contributed by atoms with E-state index in [0.717, 1.165) is 30.7 Å². The maximum Gasteiger partial charge on any atom is 0.141 e. The lowest BCUT2D eigenvalue weighted by molar-refractivity contribution is 0.355. The zero-order valence-corrected chi connectivity index (χ0v) is 14.7. The number of rotatable bonds is 1. The molecule has 0 radical (unpaired) electrons. The molecule has 2 aliphatic rings. The van der Waals surface area contributed by atoms with Gasteiger partial charge in [-0.05, 0) is 56.4 Å². The summed E-state index contributed by atoms with van der Waals surface area (Å²) in [5, 5.41) is 1.38. The fraction of sp³-hybridized carbons (Fsp3) is 0.667. The summed E-state index contributed by atoms with van der Waals surface area (Å²) in [5.41, 5.74) is 1.56. The van der Waals surface area contributed by atoms with Crippen molar-refractivity contribution < 1.29 is 0 Å². The van der Waals surface area contributed by atoms with Gasteiger partial charge in [-0.3, -0.25) is 0 Å².